The van der Waals surface area contributed by atoms with Crippen LogP contribution in [0.4, 0.5) is 0 Å². The molecular weight excluding hydrogens is 392 g/mol. The van der Waals surface area contributed by atoms with Crippen molar-refractivity contribution in [1.82, 2.24) is 9.80 Å². The molecule has 0 aliphatic carbocycles. The number of fused-ring (bicyclic) bond motifs is 1. The summed E-state index contributed by atoms with van der Waals surface area (Å²) in [6.07, 6.45) is 0. The fraction of sp³-hybridized carbons (Fsp3) is 0.429. The molecule has 0 radical (unpaired) electrons. The van der Waals surface area contributed by atoms with Crippen LogP contribution in [0.25, 0.3) is 0 Å². The van der Waals surface area contributed by atoms with Crippen molar-refractivity contribution >= 4 is 23.2 Å². The first-order valence-electron chi connectivity index (χ1n) is 9.41. The molecule has 0 spiro atoms. The number of benzene rings is 1. The summed E-state index contributed by atoms with van der Waals surface area (Å²) in [5.41, 5.74) is 2.10. The molecule has 3 rings (SSSR count). The SMILES string of the molecule is COCCN(CC(=O)N(Cc1ccc2c(c1)OCO2)Cc1sccc1C)C(C)=O. The molecule has 0 bridgehead atoms. The Morgan fingerprint density at radius 2 is 1.93 bits per heavy atom. The Kier molecular flexibility index (Phi) is 7.11. The fourth-order valence-corrected chi connectivity index (χ4v) is 3.96. The van der Waals surface area contributed by atoms with Gasteiger partial charge in [-0.3, -0.25) is 9.59 Å². The van der Waals surface area contributed by atoms with Gasteiger partial charge in [0, 0.05) is 32.0 Å². The van der Waals surface area contributed by atoms with Crippen molar-refractivity contribution in [3.05, 3.63) is 45.6 Å². The van der Waals surface area contributed by atoms with Gasteiger partial charge in [-0.2, -0.15) is 0 Å². The lowest BCUT2D eigenvalue weighted by molar-refractivity contribution is -0.140. The van der Waals surface area contributed by atoms with Crippen molar-refractivity contribution in [2.45, 2.75) is 26.9 Å². The lowest BCUT2D eigenvalue weighted by Crippen LogP contribution is -2.42. The van der Waals surface area contributed by atoms with Gasteiger partial charge in [0.15, 0.2) is 11.5 Å². The predicted octanol–water partition coefficient (Wildman–Crippen LogP) is 2.81. The summed E-state index contributed by atoms with van der Waals surface area (Å²) < 4.78 is 15.9. The quantitative estimate of drug-likeness (QED) is 0.626. The van der Waals surface area contributed by atoms with E-state index >= 15 is 0 Å². The summed E-state index contributed by atoms with van der Waals surface area (Å²) in [7, 11) is 1.58. The first-order chi connectivity index (χ1) is 14.0. The first kappa shape index (κ1) is 21.1. The van der Waals surface area contributed by atoms with E-state index in [0.29, 0.717) is 37.7 Å². The number of carbonyl (C=O) groups is 2. The van der Waals surface area contributed by atoms with Crippen LogP contribution in [-0.2, 0) is 27.4 Å². The van der Waals surface area contributed by atoms with Crippen LogP contribution in [0.3, 0.4) is 0 Å². The summed E-state index contributed by atoms with van der Waals surface area (Å²) in [6.45, 7) is 5.42. The zero-order valence-electron chi connectivity index (χ0n) is 17.0. The molecule has 156 valence electrons. The topological polar surface area (TPSA) is 68.3 Å². The minimum atomic E-state index is -0.147. The molecule has 0 N–H and O–H groups in total. The van der Waals surface area contributed by atoms with Crippen molar-refractivity contribution in [3.8, 4) is 11.5 Å². The number of hydrogen-bond donors (Lipinski definition) is 0. The third-order valence-electron chi connectivity index (χ3n) is 4.80. The highest BCUT2D eigenvalue weighted by Gasteiger charge is 2.22. The summed E-state index contributed by atoms with van der Waals surface area (Å²) >= 11 is 1.63. The molecular formula is C21H26N2O5S. The number of rotatable bonds is 9. The maximum absolute atomic E-state index is 13.1. The Morgan fingerprint density at radius 1 is 1.14 bits per heavy atom. The molecule has 0 unspecified atom stereocenters. The van der Waals surface area contributed by atoms with E-state index in [9.17, 15) is 9.59 Å². The number of carbonyl (C=O) groups excluding carboxylic acids is 2. The average Bonchev–Trinajstić information content (AvgIpc) is 3.32. The van der Waals surface area contributed by atoms with Gasteiger partial charge in [-0.1, -0.05) is 6.07 Å². The molecule has 8 heteroatoms. The van der Waals surface area contributed by atoms with Crippen LogP contribution in [0.2, 0.25) is 0 Å². The number of ether oxygens (including phenoxy) is 3. The van der Waals surface area contributed by atoms with Crippen LogP contribution in [0.5, 0.6) is 11.5 Å². The molecule has 0 saturated heterocycles. The lowest BCUT2D eigenvalue weighted by atomic mass is 10.1. The molecule has 1 aromatic heterocycles. The Hall–Kier alpha value is -2.58. The summed E-state index contributed by atoms with van der Waals surface area (Å²) in [6, 6.07) is 7.74. The highest BCUT2D eigenvalue weighted by atomic mass is 32.1. The standard InChI is InChI=1S/C21H26N2O5S/c1-15-6-9-29-20(15)12-23(21(25)13-22(16(2)24)7-8-26-3)11-17-4-5-18-19(10-17)28-14-27-18/h4-6,9-10H,7-8,11-14H2,1-3H3. The highest BCUT2D eigenvalue weighted by Crippen LogP contribution is 2.33. The molecule has 7 nitrogen and oxygen atoms in total. The van der Waals surface area contributed by atoms with Gasteiger partial charge in [-0.05, 0) is 41.6 Å². The predicted molar refractivity (Wildman–Crippen MR) is 110 cm³/mol. The maximum Gasteiger partial charge on any atom is 0.242 e. The summed E-state index contributed by atoms with van der Waals surface area (Å²) in [4.78, 5) is 29.5. The van der Waals surface area contributed by atoms with Gasteiger partial charge in [-0.25, -0.2) is 0 Å². The van der Waals surface area contributed by atoms with Crippen LogP contribution in [0, 0.1) is 6.92 Å². The Balaban J connectivity index is 1.77. The van der Waals surface area contributed by atoms with Gasteiger partial charge >= 0.3 is 0 Å². The van der Waals surface area contributed by atoms with Gasteiger partial charge in [0.25, 0.3) is 0 Å². The van der Waals surface area contributed by atoms with Gasteiger partial charge in [-0.15, -0.1) is 11.3 Å². The van der Waals surface area contributed by atoms with Crippen molar-refractivity contribution in [2.24, 2.45) is 0 Å². The molecule has 0 atom stereocenters. The van der Waals surface area contributed by atoms with Crippen molar-refractivity contribution in [1.29, 1.82) is 0 Å². The molecule has 1 aliphatic rings. The van der Waals surface area contributed by atoms with E-state index in [1.807, 2.05) is 36.6 Å². The fourth-order valence-electron chi connectivity index (χ4n) is 3.04. The zero-order valence-corrected chi connectivity index (χ0v) is 17.8. The third-order valence-corrected chi connectivity index (χ3v) is 5.81. The van der Waals surface area contributed by atoms with Crippen molar-refractivity contribution < 1.29 is 23.8 Å². The molecule has 1 aromatic carbocycles. The van der Waals surface area contributed by atoms with Crippen LogP contribution >= 0.6 is 11.3 Å². The molecule has 2 heterocycles. The van der Waals surface area contributed by atoms with E-state index in [1.165, 1.54) is 11.8 Å². The van der Waals surface area contributed by atoms with Gasteiger partial charge in [0.2, 0.25) is 18.6 Å². The van der Waals surface area contributed by atoms with Crippen LogP contribution < -0.4 is 9.47 Å². The molecule has 2 aromatic rings. The van der Waals surface area contributed by atoms with Crippen molar-refractivity contribution in [2.75, 3.05) is 33.6 Å². The minimum absolute atomic E-state index is 0.0215. The number of methoxy groups -OCH3 is 1. The van der Waals surface area contributed by atoms with Crippen molar-refractivity contribution in [3.63, 3.8) is 0 Å². The molecule has 1 aliphatic heterocycles. The molecule has 0 saturated carbocycles. The second kappa shape index (κ2) is 9.76. The normalized spacial score (nSPS) is 12.1. The molecule has 2 amide bonds. The number of amides is 2. The minimum Gasteiger partial charge on any atom is -0.454 e. The van der Waals surface area contributed by atoms with E-state index < -0.39 is 0 Å². The number of nitrogens with zero attached hydrogens (tertiary/aromatic N) is 2. The number of thiophene rings is 1. The second-order valence-electron chi connectivity index (χ2n) is 6.90. The molecule has 0 fully saturated rings. The number of aryl methyl sites for hydroxylation is 1. The smallest absolute Gasteiger partial charge is 0.242 e. The van der Waals surface area contributed by atoms with Crippen LogP contribution in [0.1, 0.15) is 22.9 Å². The number of hydrogen-bond acceptors (Lipinski definition) is 6. The van der Waals surface area contributed by atoms with E-state index in [1.54, 1.807) is 23.3 Å². The van der Waals surface area contributed by atoms with Crippen LogP contribution in [-0.4, -0.2) is 55.2 Å². The van der Waals surface area contributed by atoms with Crippen LogP contribution in [0.15, 0.2) is 29.6 Å². The monoisotopic (exact) mass is 418 g/mol. The van der Waals surface area contributed by atoms with E-state index in [4.69, 9.17) is 14.2 Å². The maximum atomic E-state index is 13.1. The molecule has 29 heavy (non-hydrogen) atoms. The first-order valence-corrected chi connectivity index (χ1v) is 10.3. The van der Waals surface area contributed by atoms with E-state index in [0.717, 1.165) is 16.0 Å². The summed E-state index contributed by atoms with van der Waals surface area (Å²) in [5, 5.41) is 2.02. The Morgan fingerprint density at radius 3 is 2.62 bits per heavy atom. The Labute approximate surface area is 174 Å². The summed E-state index contributed by atoms with van der Waals surface area (Å²) in [5.74, 6) is 1.14. The largest absolute Gasteiger partial charge is 0.454 e. The van der Waals surface area contributed by atoms with Gasteiger partial charge in [0.1, 0.15) is 0 Å². The lowest BCUT2D eigenvalue weighted by Gasteiger charge is -2.27. The third kappa shape index (κ3) is 5.48. The average molecular weight is 419 g/mol. The van der Waals surface area contributed by atoms with Gasteiger partial charge < -0.3 is 24.0 Å². The second-order valence-corrected chi connectivity index (χ2v) is 7.90. The van der Waals surface area contributed by atoms with E-state index in [2.05, 4.69) is 0 Å². The zero-order chi connectivity index (χ0) is 20.8. The Bertz CT molecular complexity index is 867. The van der Waals surface area contributed by atoms with Gasteiger partial charge in [0.05, 0.1) is 19.7 Å². The van der Waals surface area contributed by atoms with E-state index in [-0.39, 0.29) is 25.2 Å². The highest BCUT2D eigenvalue weighted by molar-refractivity contribution is 7.10.